The molecule has 0 spiro atoms. The lowest BCUT2D eigenvalue weighted by Gasteiger charge is -2.49. The number of aliphatic hydroxyl groups is 1. The van der Waals surface area contributed by atoms with E-state index in [0.29, 0.717) is 0 Å². The van der Waals surface area contributed by atoms with Crippen LogP contribution in [0.1, 0.15) is 12.5 Å². The second-order valence-corrected chi connectivity index (χ2v) is 4.76. The van der Waals surface area contributed by atoms with Gasteiger partial charge < -0.3 is 14.6 Å². The van der Waals surface area contributed by atoms with Crippen LogP contribution < -0.4 is 0 Å². The van der Waals surface area contributed by atoms with Crippen molar-refractivity contribution >= 4 is 12.1 Å². The summed E-state index contributed by atoms with van der Waals surface area (Å²) in [4.78, 5) is 24.6. The summed E-state index contributed by atoms with van der Waals surface area (Å²) in [5.41, 5.74) is -0.766. The van der Waals surface area contributed by atoms with E-state index in [4.69, 9.17) is 4.74 Å². The van der Waals surface area contributed by atoms with Crippen molar-refractivity contribution in [3.8, 4) is 0 Å². The Kier molecular flexibility index (Phi) is 3.94. The van der Waals surface area contributed by atoms with Gasteiger partial charge in [0.25, 0.3) is 0 Å². The van der Waals surface area contributed by atoms with Crippen LogP contribution >= 0.6 is 0 Å². The molecule has 2 rings (SSSR count). The molecule has 1 aliphatic rings. The summed E-state index contributed by atoms with van der Waals surface area (Å²) in [7, 11) is 1.20. The molecular formula is C14H17NO5. The van der Waals surface area contributed by atoms with Crippen LogP contribution in [0.3, 0.4) is 0 Å². The number of hydrogen-bond acceptors (Lipinski definition) is 5. The number of ether oxygens (including phenoxy) is 2. The highest BCUT2D eigenvalue weighted by Gasteiger charge is 2.58. The number of rotatable bonds is 3. The lowest BCUT2D eigenvalue weighted by atomic mass is 9.85. The fourth-order valence-corrected chi connectivity index (χ4v) is 2.11. The molecule has 1 fully saturated rings. The number of carbonyl (C=O) groups excluding carboxylic acids is 2. The lowest BCUT2D eigenvalue weighted by molar-refractivity contribution is -0.190. The Morgan fingerprint density at radius 3 is 2.60 bits per heavy atom. The zero-order chi connectivity index (χ0) is 14.8. The number of nitrogens with zero attached hydrogens (tertiary/aromatic N) is 1. The van der Waals surface area contributed by atoms with E-state index in [1.54, 1.807) is 6.92 Å². The van der Waals surface area contributed by atoms with Crippen LogP contribution in [0.15, 0.2) is 30.3 Å². The number of likely N-dealkylation sites (tertiary alicyclic amines) is 1. The van der Waals surface area contributed by atoms with E-state index in [-0.39, 0.29) is 13.2 Å². The Hall–Kier alpha value is -2.08. The first-order chi connectivity index (χ1) is 9.49. The first-order valence-electron chi connectivity index (χ1n) is 6.27. The molecule has 2 atom stereocenters. The number of β-amino-alcohol motifs (C(OH)–C–C–N with tert-alkyl or cyclic N) is 1. The standard InChI is InChI=1S/C14H17NO5/c1-10-14(18,12(16)19-2)9-15(10)13(17)20-8-11-6-4-3-5-7-11/h3-7,10,18H,8-9H2,1-2H3/t10-,14?/m1/s1. The van der Waals surface area contributed by atoms with Crippen LogP contribution in [-0.4, -0.2) is 47.4 Å². The molecule has 0 radical (unpaired) electrons. The van der Waals surface area contributed by atoms with E-state index in [1.165, 1.54) is 12.0 Å². The van der Waals surface area contributed by atoms with Gasteiger partial charge in [0.05, 0.1) is 19.7 Å². The molecule has 6 heteroatoms. The summed E-state index contributed by atoms with van der Waals surface area (Å²) in [5.74, 6) is -0.739. The number of methoxy groups -OCH3 is 1. The van der Waals surface area contributed by atoms with Crippen molar-refractivity contribution in [2.75, 3.05) is 13.7 Å². The Bertz CT molecular complexity index is 504. The maximum Gasteiger partial charge on any atom is 0.410 e. The fraction of sp³-hybridized carbons (Fsp3) is 0.429. The number of benzene rings is 1. The largest absolute Gasteiger partial charge is 0.467 e. The maximum atomic E-state index is 11.8. The molecule has 0 saturated carbocycles. The second-order valence-electron chi connectivity index (χ2n) is 4.76. The molecule has 1 unspecified atom stereocenters. The molecule has 1 aliphatic heterocycles. The van der Waals surface area contributed by atoms with Gasteiger partial charge in [-0.3, -0.25) is 4.90 Å². The molecule has 0 bridgehead atoms. The zero-order valence-corrected chi connectivity index (χ0v) is 11.4. The van der Waals surface area contributed by atoms with Crippen molar-refractivity contribution < 1.29 is 24.2 Å². The average molecular weight is 279 g/mol. The number of esters is 1. The van der Waals surface area contributed by atoms with Crippen LogP contribution in [0.2, 0.25) is 0 Å². The van der Waals surface area contributed by atoms with E-state index >= 15 is 0 Å². The molecule has 1 saturated heterocycles. The Morgan fingerprint density at radius 2 is 2.05 bits per heavy atom. The molecule has 20 heavy (non-hydrogen) atoms. The normalized spacial score (nSPS) is 24.8. The average Bonchev–Trinajstić information content (AvgIpc) is 2.49. The molecule has 108 valence electrons. The molecule has 1 amide bonds. The molecular weight excluding hydrogens is 262 g/mol. The molecule has 0 aromatic heterocycles. The topological polar surface area (TPSA) is 76.1 Å². The fourth-order valence-electron chi connectivity index (χ4n) is 2.11. The second kappa shape index (κ2) is 5.50. The smallest absolute Gasteiger partial charge is 0.410 e. The van der Waals surface area contributed by atoms with Crippen molar-refractivity contribution in [2.24, 2.45) is 0 Å². The monoisotopic (exact) mass is 279 g/mol. The quantitative estimate of drug-likeness (QED) is 0.833. The summed E-state index contributed by atoms with van der Waals surface area (Å²) in [6.45, 7) is 1.61. The SMILES string of the molecule is COC(=O)C1(O)CN(C(=O)OCc2ccccc2)[C@@H]1C. The zero-order valence-electron chi connectivity index (χ0n) is 11.4. The van der Waals surface area contributed by atoms with Gasteiger partial charge in [0.15, 0.2) is 5.60 Å². The number of amides is 1. The highest BCUT2D eigenvalue weighted by Crippen LogP contribution is 2.31. The van der Waals surface area contributed by atoms with Gasteiger partial charge in [0.1, 0.15) is 6.61 Å². The third-order valence-corrected chi connectivity index (χ3v) is 3.55. The van der Waals surface area contributed by atoms with Gasteiger partial charge in [-0.05, 0) is 12.5 Å². The molecule has 1 N–H and O–H groups in total. The summed E-state index contributed by atoms with van der Waals surface area (Å²) in [6.07, 6.45) is -0.560. The van der Waals surface area contributed by atoms with Crippen molar-refractivity contribution in [3.63, 3.8) is 0 Å². The highest BCUT2D eigenvalue weighted by molar-refractivity contribution is 5.85. The summed E-state index contributed by atoms with van der Waals surface area (Å²) < 4.78 is 9.65. The van der Waals surface area contributed by atoms with Crippen molar-refractivity contribution in [1.82, 2.24) is 4.90 Å². The molecule has 1 heterocycles. The van der Waals surface area contributed by atoms with E-state index in [1.807, 2.05) is 30.3 Å². The minimum atomic E-state index is -1.64. The Labute approximate surface area is 116 Å². The molecule has 1 aromatic rings. The van der Waals surface area contributed by atoms with Crippen LogP contribution in [0, 0.1) is 0 Å². The Balaban J connectivity index is 1.88. The van der Waals surface area contributed by atoms with E-state index in [2.05, 4.69) is 4.74 Å². The molecule has 6 nitrogen and oxygen atoms in total. The number of hydrogen-bond donors (Lipinski definition) is 1. The van der Waals surface area contributed by atoms with Gasteiger partial charge in [-0.25, -0.2) is 9.59 Å². The number of carbonyl (C=O) groups is 2. The predicted octanol–water partition coefficient (Wildman–Crippen LogP) is 0.931. The molecule has 1 aromatic carbocycles. The van der Waals surface area contributed by atoms with Crippen LogP contribution in [0.25, 0.3) is 0 Å². The van der Waals surface area contributed by atoms with Crippen LogP contribution in [0.5, 0.6) is 0 Å². The maximum absolute atomic E-state index is 11.8. The third-order valence-electron chi connectivity index (χ3n) is 3.55. The van der Waals surface area contributed by atoms with E-state index < -0.39 is 23.7 Å². The van der Waals surface area contributed by atoms with Gasteiger partial charge in [-0.1, -0.05) is 30.3 Å². The van der Waals surface area contributed by atoms with Gasteiger partial charge in [-0.2, -0.15) is 0 Å². The van der Waals surface area contributed by atoms with Crippen molar-refractivity contribution in [3.05, 3.63) is 35.9 Å². The third kappa shape index (κ3) is 2.46. The molecule has 0 aliphatic carbocycles. The van der Waals surface area contributed by atoms with Crippen molar-refractivity contribution in [1.29, 1.82) is 0 Å². The minimum absolute atomic E-state index is 0.117. The van der Waals surface area contributed by atoms with Gasteiger partial charge in [0, 0.05) is 0 Å². The summed E-state index contributed by atoms with van der Waals surface area (Å²) >= 11 is 0. The van der Waals surface area contributed by atoms with Crippen molar-refractivity contribution in [2.45, 2.75) is 25.2 Å². The highest BCUT2D eigenvalue weighted by atomic mass is 16.6. The van der Waals surface area contributed by atoms with Crippen LogP contribution in [0.4, 0.5) is 4.79 Å². The van der Waals surface area contributed by atoms with Gasteiger partial charge >= 0.3 is 12.1 Å². The van der Waals surface area contributed by atoms with E-state index in [0.717, 1.165) is 5.56 Å². The van der Waals surface area contributed by atoms with Gasteiger partial charge in [0.2, 0.25) is 0 Å². The minimum Gasteiger partial charge on any atom is -0.467 e. The van der Waals surface area contributed by atoms with E-state index in [9.17, 15) is 14.7 Å². The van der Waals surface area contributed by atoms with Crippen LogP contribution in [-0.2, 0) is 20.9 Å². The predicted molar refractivity (Wildman–Crippen MR) is 69.8 cm³/mol. The first-order valence-corrected chi connectivity index (χ1v) is 6.27. The summed E-state index contributed by atoms with van der Waals surface area (Å²) in [5, 5.41) is 10.0. The van der Waals surface area contributed by atoms with Gasteiger partial charge in [-0.15, -0.1) is 0 Å². The lowest BCUT2D eigenvalue weighted by Crippen LogP contribution is -2.73. The Morgan fingerprint density at radius 1 is 1.40 bits per heavy atom. The first kappa shape index (κ1) is 14.3. The summed E-state index contributed by atoms with van der Waals surface area (Å²) in [6, 6.07) is 8.60.